The van der Waals surface area contributed by atoms with Crippen molar-refractivity contribution in [2.24, 2.45) is 0 Å². The van der Waals surface area contributed by atoms with Crippen LogP contribution in [0.15, 0.2) is 5.38 Å². The highest BCUT2D eigenvalue weighted by Crippen LogP contribution is 2.19. The third-order valence-corrected chi connectivity index (χ3v) is 2.26. The van der Waals surface area contributed by atoms with Crippen LogP contribution in [-0.2, 0) is 0 Å². The Morgan fingerprint density at radius 2 is 2.43 bits per heavy atom. The van der Waals surface area contributed by atoms with Crippen LogP contribution in [0.1, 0.15) is 24.3 Å². The molecule has 0 aliphatic rings. The molecule has 0 radical (unpaired) electrons. The lowest BCUT2D eigenvalue weighted by Crippen LogP contribution is -2.28. The van der Waals surface area contributed by atoms with Crippen molar-refractivity contribution in [3.8, 4) is 12.3 Å². The first-order valence-corrected chi connectivity index (χ1v) is 4.77. The number of nitrogens with one attached hydrogen (secondary N) is 1. The third-order valence-electron chi connectivity index (χ3n) is 1.50. The molecule has 1 aromatic heterocycles. The van der Waals surface area contributed by atoms with Crippen LogP contribution >= 0.6 is 11.3 Å². The predicted molar refractivity (Wildman–Crippen MR) is 55.6 cm³/mol. The van der Waals surface area contributed by atoms with E-state index in [1.54, 1.807) is 0 Å². The van der Waals surface area contributed by atoms with E-state index in [0.717, 1.165) is 0 Å². The summed E-state index contributed by atoms with van der Waals surface area (Å²) >= 11 is 1.22. The van der Waals surface area contributed by atoms with Crippen LogP contribution in [0, 0.1) is 12.3 Å². The van der Waals surface area contributed by atoms with Gasteiger partial charge in [-0.3, -0.25) is 0 Å². The predicted octanol–water partition coefficient (Wildman–Crippen LogP) is 1.67. The van der Waals surface area contributed by atoms with Gasteiger partial charge in [0.05, 0.1) is 5.54 Å². The van der Waals surface area contributed by atoms with Crippen molar-refractivity contribution in [3.63, 3.8) is 0 Å². The third kappa shape index (κ3) is 2.47. The first kappa shape index (κ1) is 10.5. The molecule has 1 heterocycles. The van der Waals surface area contributed by atoms with E-state index in [0.29, 0.717) is 5.13 Å². The molecular weight excluding hydrogens is 200 g/mol. The number of carboxylic acids is 1. The molecule has 0 atom stereocenters. The average molecular weight is 210 g/mol. The maximum Gasteiger partial charge on any atom is 0.355 e. The standard InChI is InChI=1S/C9H10N2O2S/c1-4-9(2,3)11-8-10-6(5-14-8)7(12)13/h1,5H,2-3H3,(H,10,11)(H,12,13). The molecule has 0 amide bonds. The highest BCUT2D eigenvalue weighted by atomic mass is 32.1. The van der Waals surface area contributed by atoms with Crippen molar-refractivity contribution >= 4 is 22.4 Å². The fraction of sp³-hybridized carbons (Fsp3) is 0.333. The minimum atomic E-state index is -1.03. The quantitative estimate of drug-likeness (QED) is 0.745. The largest absolute Gasteiger partial charge is 0.476 e. The Morgan fingerprint density at radius 1 is 1.79 bits per heavy atom. The average Bonchev–Trinajstić information content (AvgIpc) is 2.52. The molecule has 0 aromatic carbocycles. The van der Waals surface area contributed by atoms with Gasteiger partial charge in [0, 0.05) is 5.38 Å². The highest BCUT2D eigenvalue weighted by molar-refractivity contribution is 7.13. The maximum atomic E-state index is 10.5. The van der Waals surface area contributed by atoms with Gasteiger partial charge in [-0.05, 0) is 13.8 Å². The van der Waals surface area contributed by atoms with Crippen LogP contribution in [0.4, 0.5) is 5.13 Å². The van der Waals surface area contributed by atoms with Crippen molar-refractivity contribution in [3.05, 3.63) is 11.1 Å². The highest BCUT2D eigenvalue weighted by Gasteiger charge is 2.16. The second-order valence-corrected chi connectivity index (χ2v) is 4.10. The van der Waals surface area contributed by atoms with Crippen molar-refractivity contribution in [2.75, 3.05) is 5.32 Å². The number of aromatic carboxylic acids is 1. The molecule has 0 aliphatic heterocycles. The van der Waals surface area contributed by atoms with Crippen LogP contribution in [0.2, 0.25) is 0 Å². The molecular formula is C9H10N2O2S. The fourth-order valence-electron chi connectivity index (χ4n) is 0.733. The van der Waals surface area contributed by atoms with Gasteiger partial charge in [-0.15, -0.1) is 17.8 Å². The van der Waals surface area contributed by atoms with Gasteiger partial charge in [0.1, 0.15) is 0 Å². The van der Waals surface area contributed by atoms with E-state index < -0.39 is 11.5 Å². The smallest absolute Gasteiger partial charge is 0.355 e. The number of thiazole rings is 1. The van der Waals surface area contributed by atoms with Crippen LogP contribution in [0.3, 0.4) is 0 Å². The Bertz CT molecular complexity index is 390. The monoisotopic (exact) mass is 210 g/mol. The second-order valence-electron chi connectivity index (χ2n) is 3.24. The molecule has 5 heteroatoms. The Kier molecular flexibility index (Phi) is 2.77. The molecule has 0 aliphatic carbocycles. The van der Waals surface area contributed by atoms with E-state index in [-0.39, 0.29) is 5.69 Å². The van der Waals surface area contributed by atoms with Gasteiger partial charge >= 0.3 is 5.97 Å². The van der Waals surface area contributed by atoms with E-state index in [1.165, 1.54) is 16.7 Å². The summed E-state index contributed by atoms with van der Waals surface area (Å²) in [7, 11) is 0. The number of aromatic nitrogens is 1. The summed E-state index contributed by atoms with van der Waals surface area (Å²) in [4.78, 5) is 14.4. The van der Waals surface area contributed by atoms with Crippen molar-refractivity contribution in [1.82, 2.24) is 4.98 Å². The number of rotatable bonds is 3. The summed E-state index contributed by atoms with van der Waals surface area (Å²) in [6.07, 6.45) is 5.27. The van der Waals surface area contributed by atoms with Crippen molar-refractivity contribution in [2.45, 2.75) is 19.4 Å². The van der Waals surface area contributed by atoms with Gasteiger partial charge in [-0.25, -0.2) is 9.78 Å². The van der Waals surface area contributed by atoms with E-state index >= 15 is 0 Å². The molecule has 14 heavy (non-hydrogen) atoms. The summed E-state index contributed by atoms with van der Waals surface area (Å²) in [6, 6.07) is 0. The SMILES string of the molecule is C#CC(C)(C)Nc1nc(C(=O)O)cs1. The van der Waals surface area contributed by atoms with Crippen LogP contribution in [0.5, 0.6) is 0 Å². The Balaban J connectivity index is 2.80. The summed E-state index contributed by atoms with van der Waals surface area (Å²) < 4.78 is 0. The van der Waals surface area contributed by atoms with Gasteiger partial charge in [0.25, 0.3) is 0 Å². The maximum absolute atomic E-state index is 10.5. The first-order chi connectivity index (χ1) is 6.44. The Morgan fingerprint density at radius 3 is 2.86 bits per heavy atom. The van der Waals surface area contributed by atoms with E-state index in [1.807, 2.05) is 13.8 Å². The number of anilines is 1. The minimum absolute atomic E-state index is 0.0327. The molecule has 4 nitrogen and oxygen atoms in total. The minimum Gasteiger partial charge on any atom is -0.476 e. The molecule has 0 bridgehead atoms. The van der Waals surface area contributed by atoms with Crippen molar-refractivity contribution < 1.29 is 9.90 Å². The Hall–Kier alpha value is -1.54. The van der Waals surface area contributed by atoms with Gasteiger partial charge in [-0.2, -0.15) is 0 Å². The molecule has 74 valence electrons. The lowest BCUT2D eigenvalue weighted by Gasteiger charge is -2.18. The van der Waals surface area contributed by atoms with E-state index in [9.17, 15) is 4.79 Å². The van der Waals surface area contributed by atoms with Crippen LogP contribution in [-0.4, -0.2) is 21.6 Å². The van der Waals surface area contributed by atoms with E-state index in [2.05, 4.69) is 16.2 Å². The number of hydrogen-bond donors (Lipinski definition) is 2. The summed E-state index contributed by atoms with van der Waals surface area (Å²) in [5.74, 6) is 1.50. The molecule has 1 aromatic rings. The molecule has 0 fully saturated rings. The first-order valence-electron chi connectivity index (χ1n) is 3.89. The number of carboxylic acid groups (broad SMARTS) is 1. The molecule has 0 spiro atoms. The van der Waals surface area contributed by atoms with Gasteiger partial charge in [-0.1, -0.05) is 5.92 Å². The Labute approximate surface area is 86.0 Å². The molecule has 0 unspecified atom stereocenters. The normalized spacial score (nSPS) is 10.6. The summed E-state index contributed by atoms with van der Waals surface area (Å²) in [6.45, 7) is 3.63. The zero-order valence-electron chi connectivity index (χ0n) is 7.87. The summed E-state index contributed by atoms with van der Waals surface area (Å²) in [5, 5.41) is 13.6. The number of terminal acetylenes is 1. The topological polar surface area (TPSA) is 62.2 Å². The lowest BCUT2D eigenvalue weighted by molar-refractivity contribution is 0.0691. The fourth-order valence-corrected chi connectivity index (χ4v) is 1.57. The number of carbonyl (C=O) groups is 1. The molecule has 2 N–H and O–H groups in total. The van der Waals surface area contributed by atoms with Gasteiger partial charge < -0.3 is 10.4 Å². The van der Waals surface area contributed by atoms with Crippen LogP contribution < -0.4 is 5.32 Å². The molecule has 0 saturated heterocycles. The van der Waals surface area contributed by atoms with Crippen LogP contribution in [0.25, 0.3) is 0 Å². The zero-order chi connectivity index (χ0) is 10.8. The van der Waals surface area contributed by atoms with Gasteiger partial charge in [0.2, 0.25) is 0 Å². The zero-order valence-corrected chi connectivity index (χ0v) is 8.68. The van der Waals surface area contributed by atoms with Crippen molar-refractivity contribution in [1.29, 1.82) is 0 Å². The van der Waals surface area contributed by atoms with E-state index in [4.69, 9.17) is 11.5 Å². The molecule has 1 rings (SSSR count). The number of hydrogen-bond acceptors (Lipinski definition) is 4. The lowest BCUT2D eigenvalue weighted by atomic mass is 10.1. The summed E-state index contributed by atoms with van der Waals surface area (Å²) in [5.41, 5.74) is -0.488. The number of nitrogens with zero attached hydrogens (tertiary/aromatic N) is 1. The molecule has 0 saturated carbocycles. The van der Waals surface area contributed by atoms with Gasteiger partial charge in [0.15, 0.2) is 10.8 Å². The second kappa shape index (κ2) is 3.68.